The Labute approximate surface area is 107 Å². The summed E-state index contributed by atoms with van der Waals surface area (Å²) in [6.07, 6.45) is 0.433. The molecule has 0 aliphatic heterocycles. The molecule has 2 N–H and O–H groups in total. The molecule has 0 radical (unpaired) electrons. The van der Waals surface area contributed by atoms with Gasteiger partial charge in [-0.3, -0.25) is 4.79 Å². The number of carbonyl (C=O) groups excluding carboxylic acids is 1. The minimum atomic E-state index is -0.0351. The first-order valence-corrected chi connectivity index (χ1v) is 5.93. The number of nitrogens with one attached hydrogen (secondary N) is 2. The molecule has 0 atom stereocenters. The van der Waals surface area contributed by atoms with Crippen LogP contribution >= 0.6 is 0 Å². The van der Waals surface area contributed by atoms with Crippen LogP contribution in [0, 0.1) is 0 Å². The van der Waals surface area contributed by atoms with Gasteiger partial charge in [0.05, 0.1) is 12.3 Å². The zero-order valence-electron chi connectivity index (χ0n) is 10.9. The van der Waals surface area contributed by atoms with E-state index in [1.807, 2.05) is 31.3 Å². The van der Waals surface area contributed by atoms with Crippen molar-refractivity contribution < 1.29 is 14.3 Å². The highest BCUT2D eigenvalue weighted by atomic mass is 16.5. The molecular formula is C13H20N2O3. The molecule has 1 aromatic rings. The molecule has 0 heterocycles. The quantitative estimate of drug-likeness (QED) is 0.684. The molecule has 0 spiro atoms. The third-order valence-corrected chi connectivity index (χ3v) is 2.31. The zero-order valence-corrected chi connectivity index (χ0v) is 10.9. The van der Waals surface area contributed by atoms with Crippen LogP contribution in [0.4, 0.5) is 5.69 Å². The normalized spacial score (nSPS) is 10.1. The minimum Gasteiger partial charge on any atom is -0.489 e. The Morgan fingerprint density at radius 3 is 2.78 bits per heavy atom. The van der Waals surface area contributed by atoms with Crippen molar-refractivity contribution >= 4 is 11.6 Å². The molecule has 0 unspecified atom stereocenters. The third-order valence-electron chi connectivity index (χ3n) is 2.31. The third kappa shape index (κ3) is 5.16. The molecule has 0 aromatic heterocycles. The summed E-state index contributed by atoms with van der Waals surface area (Å²) in [4.78, 5) is 11.6. The topological polar surface area (TPSA) is 59.6 Å². The largest absolute Gasteiger partial charge is 0.489 e. The molecule has 5 nitrogen and oxygen atoms in total. The fourth-order valence-corrected chi connectivity index (χ4v) is 1.38. The van der Waals surface area contributed by atoms with Gasteiger partial charge in [-0.2, -0.15) is 0 Å². The van der Waals surface area contributed by atoms with E-state index in [-0.39, 0.29) is 5.91 Å². The Morgan fingerprint density at radius 2 is 2.06 bits per heavy atom. The lowest BCUT2D eigenvalue weighted by Gasteiger charge is -2.12. The summed E-state index contributed by atoms with van der Waals surface area (Å²) in [6.45, 7) is 1.63. The van der Waals surface area contributed by atoms with Crippen LogP contribution in [-0.4, -0.2) is 39.8 Å². The maximum atomic E-state index is 11.6. The Hall–Kier alpha value is -1.59. The molecule has 0 aliphatic rings. The monoisotopic (exact) mass is 252 g/mol. The van der Waals surface area contributed by atoms with Gasteiger partial charge in [0.25, 0.3) is 0 Å². The Balaban J connectivity index is 2.55. The second-order valence-electron chi connectivity index (χ2n) is 3.74. The van der Waals surface area contributed by atoms with Gasteiger partial charge < -0.3 is 20.1 Å². The van der Waals surface area contributed by atoms with E-state index in [0.29, 0.717) is 37.6 Å². The molecule has 1 amide bonds. The molecule has 0 bridgehead atoms. The first kappa shape index (κ1) is 14.5. The van der Waals surface area contributed by atoms with Gasteiger partial charge in [-0.25, -0.2) is 0 Å². The average Bonchev–Trinajstić information content (AvgIpc) is 2.38. The summed E-state index contributed by atoms with van der Waals surface area (Å²) in [6, 6.07) is 7.37. The van der Waals surface area contributed by atoms with E-state index in [1.165, 1.54) is 0 Å². The second kappa shape index (κ2) is 8.49. The molecule has 1 aromatic carbocycles. The van der Waals surface area contributed by atoms with Crippen LogP contribution in [0.5, 0.6) is 5.75 Å². The van der Waals surface area contributed by atoms with Crippen molar-refractivity contribution in [2.75, 3.05) is 39.2 Å². The molecule has 0 saturated heterocycles. The van der Waals surface area contributed by atoms with Gasteiger partial charge >= 0.3 is 0 Å². The fourth-order valence-electron chi connectivity index (χ4n) is 1.38. The van der Waals surface area contributed by atoms with Crippen LogP contribution in [0.2, 0.25) is 0 Å². The Kier molecular flexibility index (Phi) is 6.83. The molecule has 18 heavy (non-hydrogen) atoms. The number of carbonyl (C=O) groups is 1. The SMILES string of the molecule is CNCCC(=O)Nc1ccccc1OCCOC. The number of rotatable bonds is 8. The minimum absolute atomic E-state index is 0.0351. The van der Waals surface area contributed by atoms with E-state index in [1.54, 1.807) is 7.11 Å². The van der Waals surface area contributed by atoms with Gasteiger partial charge in [-0.15, -0.1) is 0 Å². The van der Waals surface area contributed by atoms with Crippen molar-refractivity contribution in [1.82, 2.24) is 5.32 Å². The van der Waals surface area contributed by atoms with Crippen molar-refractivity contribution in [3.8, 4) is 5.75 Å². The number of hydrogen-bond donors (Lipinski definition) is 2. The highest BCUT2D eigenvalue weighted by Gasteiger charge is 2.06. The van der Waals surface area contributed by atoms with Gasteiger partial charge in [0.15, 0.2) is 0 Å². The van der Waals surface area contributed by atoms with Crippen LogP contribution in [0.25, 0.3) is 0 Å². The van der Waals surface area contributed by atoms with E-state index in [0.717, 1.165) is 0 Å². The predicted molar refractivity (Wildman–Crippen MR) is 71.0 cm³/mol. The highest BCUT2D eigenvalue weighted by molar-refractivity contribution is 5.92. The maximum absolute atomic E-state index is 11.6. The molecule has 0 saturated carbocycles. The smallest absolute Gasteiger partial charge is 0.225 e. The van der Waals surface area contributed by atoms with Crippen molar-refractivity contribution in [3.63, 3.8) is 0 Å². The van der Waals surface area contributed by atoms with E-state index in [2.05, 4.69) is 10.6 Å². The summed E-state index contributed by atoms with van der Waals surface area (Å²) in [5.41, 5.74) is 0.690. The summed E-state index contributed by atoms with van der Waals surface area (Å²) in [7, 11) is 3.43. The summed E-state index contributed by atoms with van der Waals surface area (Å²) in [5.74, 6) is 0.625. The van der Waals surface area contributed by atoms with Crippen molar-refractivity contribution in [2.24, 2.45) is 0 Å². The van der Waals surface area contributed by atoms with Crippen LogP contribution in [0.15, 0.2) is 24.3 Å². The van der Waals surface area contributed by atoms with Crippen molar-refractivity contribution in [2.45, 2.75) is 6.42 Å². The number of ether oxygens (including phenoxy) is 2. The van der Waals surface area contributed by atoms with E-state index in [4.69, 9.17) is 9.47 Å². The van der Waals surface area contributed by atoms with Gasteiger partial charge in [-0.1, -0.05) is 12.1 Å². The van der Waals surface area contributed by atoms with Crippen molar-refractivity contribution in [1.29, 1.82) is 0 Å². The number of amides is 1. The lowest BCUT2D eigenvalue weighted by molar-refractivity contribution is -0.116. The molecule has 0 aliphatic carbocycles. The predicted octanol–water partition coefficient (Wildman–Crippen LogP) is 1.26. The van der Waals surface area contributed by atoms with E-state index >= 15 is 0 Å². The first-order valence-electron chi connectivity index (χ1n) is 5.93. The van der Waals surface area contributed by atoms with Gasteiger partial charge in [0, 0.05) is 20.1 Å². The molecular weight excluding hydrogens is 232 g/mol. The van der Waals surface area contributed by atoms with E-state index < -0.39 is 0 Å². The Bertz CT molecular complexity index is 369. The maximum Gasteiger partial charge on any atom is 0.225 e. The highest BCUT2D eigenvalue weighted by Crippen LogP contribution is 2.23. The lowest BCUT2D eigenvalue weighted by atomic mass is 10.2. The molecule has 0 fully saturated rings. The lowest BCUT2D eigenvalue weighted by Crippen LogP contribution is -2.19. The number of benzene rings is 1. The van der Waals surface area contributed by atoms with Gasteiger partial charge in [-0.05, 0) is 19.2 Å². The van der Waals surface area contributed by atoms with Gasteiger partial charge in [0.1, 0.15) is 12.4 Å². The average molecular weight is 252 g/mol. The number of para-hydroxylation sites is 2. The number of hydrogen-bond acceptors (Lipinski definition) is 4. The number of anilines is 1. The molecule has 1 rings (SSSR count). The van der Waals surface area contributed by atoms with E-state index in [9.17, 15) is 4.79 Å². The van der Waals surface area contributed by atoms with Crippen LogP contribution in [-0.2, 0) is 9.53 Å². The summed E-state index contributed by atoms with van der Waals surface area (Å²) >= 11 is 0. The fraction of sp³-hybridized carbons (Fsp3) is 0.462. The van der Waals surface area contributed by atoms with Gasteiger partial charge in [0.2, 0.25) is 5.91 Å². The molecule has 100 valence electrons. The van der Waals surface area contributed by atoms with Crippen LogP contribution in [0.1, 0.15) is 6.42 Å². The molecule has 5 heteroatoms. The Morgan fingerprint density at radius 1 is 1.28 bits per heavy atom. The first-order chi connectivity index (χ1) is 8.77. The second-order valence-corrected chi connectivity index (χ2v) is 3.74. The zero-order chi connectivity index (χ0) is 13.2. The standard InChI is InChI=1S/C13H20N2O3/c1-14-8-7-13(16)15-11-5-3-4-6-12(11)18-10-9-17-2/h3-6,14H,7-10H2,1-2H3,(H,15,16). The summed E-state index contributed by atoms with van der Waals surface area (Å²) in [5, 5.41) is 5.76. The number of methoxy groups -OCH3 is 1. The van der Waals surface area contributed by atoms with Crippen LogP contribution < -0.4 is 15.4 Å². The van der Waals surface area contributed by atoms with Crippen LogP contribution in [0.3, 0.4) is 0 Å². The summed E-state index contributed by atoms with van der Waals surface area (Å²) < 4.78 is 10.4. The van der Waals surface area contributed by atoms with Crippen molar-refractivity contribution in [3.05, 3.63) is 24.3 Å².